The summed E-state index contributed by atoms with van der Waals surface area (Å²) in [4.78, 5) is 14.0. The van der Waals surface area contributed by atoms with Gasteiger partial charge in [-0.3, -0.25) is 9.89 Å². The summed E-state index contributed by atoms with van der Waals surface area (Å²) in [5.74, 6) is 0.678. The monoisotopic (exact) mass is 364 g/mol. The van der Waals surface area contributed by atoms with Gasteiger partial charge in [-0.05, 0) is 38.4 Å². The molecular formula is C18H29ClN6. The first-order valence-electron chi connectivity index (χ1n) is 8.97. The zero-order valence-electron chi connectivity index (χ0n) is 15.2. The standard InChI is InChI=1S/C18H29ClN6/c1-22-7-8-23(2)17(14-22)13-21-18(20)25-11-9-24(10-12-25)16-5-3-15(19)4-6-16/h3-6,17H,7-14H2,1-2H3,(H2,20,21). The highest BCUT2D eigenvalue weighted by Gasteiger charge is 2.23. The fourth-order valence-corrected chi connectivity index (χ4v) is 3.57. The Labute approximate surface area is 155 Å². The van der Waals surface area contributed by atoms with E-state index in [2.05, 4.69) is 50.8 Å². The average molecular weight is 365 g/mol. The first kappa shape index (κ1) is 18.3. The molecule has 0 aromatic heterocycles. The van der Waals surface area contributed by atoms with Crippen molar-refractivity contribution in [2.75, 3.05) is 71.4 Å². The maximum Gasteiger partial charge on any atom is 0.191 e. The van der Waals surface area contributed by atoms with Crippen LogP contribution in [0.15, 0.2) is 29.3 Å². The number of piperazine rings is 2. The van der Waals surface area contributed by atoms with E-state index in [0.717, 1.165) is 57.4 Å². The molecule has 1 unspecified atom stereocenters. The van der Waals surface area contributed by atoms with E-state index < -0.39 is 0 Å². The van der Waals surface area contributed by atoms with Gasteiger partial charge >= 0.3 is 0 Å². The Hall–Kier alpha value is -1.50. The lowest BCUT2D eigenvalue weighted by Crippen LogP contribution is -2.53. The molecule has 6 nitrogen and oxygen atoms in total. The fourth-order valence-electron chi connectivity index (χ4n) is 3.44. The molecule has 1 aromatic carbocycles. The number of halogens is 1. The summed E-state index contributed by atoms with van der Waals surface area (Å²) in [6.07, 6.45) is 0. The average Bonchev–Trinajstić information content (AvgIpc) is 2.63. The normalized spacial score (nSPS) is 24.0. The van der Waals surface area contributed by atoms with E-state index in [1.165, 1.54) is 5.69 Å². The van der Waals surface area contributed by atoms with Gasteiger partial charge in [0.15, 0.2) is 5.96 Å². The molecule has 2 heterocycles. The van der Waals surface area contributed by atoms with Crippen LogP contribution >= 0.6 is 11.6 Å². The van der Waals surface area contributed by atoms with Gasteiger partial charge < -0.3 is 20.4 Å². The molecule has 0 radical (unpaired) electrons. The summed E-state index contributed by atoms with van der Waals surface area (Å²) in [6.45, 7) is 7.74. The van der Waals surface area contributed by atoms with Crippen molar-refractivity contribution in [1.29, 1.82) is 0 Å². The third-order valence-electron chi connectivity index (χ3n) is 5.24. The van der Waals surface area contributed by atoms with Crippen molar-refractivity contribution in [3.63, 3.8) is 0 Å². The quantitative estimate of drug-likeness (QED) is 0.641. The summed E-state index contributed by atoms with van der Waals surface area (Å²) in [6, 6.07) is 8.48. The highest BCUT2D eigenvalue weighted by molar-refractivity contribution is 6.30. The molecule has 0 bridgehead atoms. The van der Waals surface area contributed by atoms with Gasteiger partial charge in [0.1, 0.15) is 0 Å². The minimum atomic E-state index is 0.452. The molecule has 0 spiro atoms. The molecule has 1 aromatic rings. The summed E-state index contributed by atoms with van der Waals surface area (Å²) in [7, 11) is 4.34. The SMILES string of the molecule is CN1CCN(C)C(CN=C(N)N2CCN(c3ccc(Cl)cc3)CC2)C1. The van der Waals surface area contributed by atoms with Crippen molar-refractivity contribution in [2.45, 2.75) is 6.04 Å². The van der Waals surface area contributed by atoms with Crippen LogP contribution in [-0.4, -0.2) is 93.2 Å². The number of hydrogen-bond donors (Lipinski definition) is 1. The van der Waals surface area contributed by atoms with Crippen molar-refractivity contribution in [1.82, 2.24) is 14.7 Å². The molecule has 0 saturated carbocycles. The van der Waals surface area contributed by atoms with Crippen molar-refractivity contribution < 1.29 is 0 Å². The Morgan fingerprint density at radius 1 is 1.08 bits per heavy atom. The largest absolute Gasteiger partial charge is 0.370 e. The number of aliphatic imine (C=N–C) groups is 1. The summed E-state index contributed by atoms with van der Waals surface area (Å²) in [5, 5.41) is 0.775. The van der Waals surface area contributed by atoms with Crippen molar-refractivity contribution in [2.24, 2.45) is 10.7 Å². The Kier molecular flexibility index (Phi) is 6.04. The van der Waals surface area contributed by atoms with Gasteiger partial charge in [-0.15, -0.1) is 0 Å². The smallest absolute Gasteiger partial charge is 0.191 e. The number of hydrogen-bond acceptors (Lipinski definition) is 4. The molecule has 2 saturated heterocycles. The second-order valence-electron chi connectivity index (χ2n) is 7.05. The van der Waals surface area contributed by atoms with E-state index >= 15 is 0 Å². The van der Waals surface area contributed by atoms with Crippen LogP contribution in [0.3, 0.4) is 0 Å². The molecule has 2 N–H and O–H groups in total. The van der Waals surface area contributed by atoms with Gasteiger partial charge in [0.25, 0.3) is 0 Å². The van der Waals surface area contributed by atoms with Crippen LogP contribution in [0.1, 0.15) is 0 Å². The van der Waals surface area contributed by atoms with Crippen LogP contribution in [0, 0.1) is 0 Å². The van der Waals surface area contributed by atoms with Gasteiger partial charge in [-0.1, -0.05) is 11.6 Å². The first-order valence-corrected chi connectivity index (χ1v) is 9.35. The van der Waals surface area contributed by atoms with Crippen LogP contribution in [-0.2, 0) is 0 Å². The van der Waals surface area contributed by atoms with Crippen molar-refractivity contribution in [3.05, 3.63) is 29.3 Å². The summed E-state index contributed by atoms with van der Waals surface area (Å²) in [5.41, 5.74) is 7.47. The Bertz CT molecular complexity index is 582. The molecule has 0 aliphatic carbocycles. The number of anilines is 1. The van der Waals surface area contributed by atoms with Crippen molar-refractivity contribution >= 4 is 23.2 Å². The molecule has 25 heavy (non-hydrogen) atoms. The first-order chi connectivity index (χ1) is 12.0. The lowest BCUT2D eigenvalue weighted by molar-refractivity contribution is 0.119. The van der Waals surface area contributed by atoms with E-state index in [1.54, 1.807) is 0 Å². The van der Waals surface area contributed by atoms with Gasteiger partial charge in [0.05, 0.1) is 6.54 Å². The fraction of sp³-hybridized carbons (Fsp3) is 0.611. The molecule has 1 atom stereocenters. The lowest BCUT2D eigenvalue weighted by atomic mass is 10.2. The molecular weight excluding hydrogens is 336 g/mol. The number of benzene rings is 1. The molecule has 7 heteroatoms. The van der Waals surface area contributed by atoms with Crippen LogP contribution in [0.4, 0.5) is 5.69 Å². The highest BCUT2D eigenvalue weighted by Crippen LogP contribution is 2.19. The minimum absolute atomic E-state index is 0.452. The molecule has 2 fully saturated rings. The lowest BCUT2D eigenvalue weighted by Gasteiger charge is -2.38. The Morgan fingerprint density at radius 3 is 2.44 bits per heavy atom. The topological polar surface area (TPSA) is 51.3 Å². The predicted molar refractivity (Wildman–Crippen MR) is 106 cm³/mol. The zero-order valence-corrected chi connectivity index (χ0v) is 16.0. The van der Waals surface area contributed by atoms with Gasteiger partial charge in [0, 0.05) is 62.6 Å². The Balaban J connectivity index is 1.50. The van der Waals surface area contributed by atoms with E-state index in [0.29, 0.717) is 12.0 Å². The molecule has 2 aliphatic rings. The number of nitrogens with zero attached hydrogens (tertiary/aromatic N) is 5. The summed E-state index contributed by atoms with van der Waals surface area (Å²) >= 11 is 5.97. The molecule has 138 valence electrons. The predicted octanol–water partition coefficient (Wildman–Crippen LogP) is 1.02. The number of guanidine groups is 1. The number of likely N-dealkylation sites (N-methyl/N-ethyl adjacent to an activating group) is 2. The van der Waals surface area contributed by atoms with Crippen LogP contribution in [0.2, 0.25) is 5.02 Å². The van der Waals surface area contributed by atoms with E-state index in [4.69, 9.17) is 17.3 Å². The minimum Gasteiger partial charge on any atom is -0.370 e. The van der Waals surface area contributed by atoms with Crippen LogP contribution < -0.4 is 10.6 Å². The van der Waals surface area contributed by atoms with Gasteiger partial charge in [-0.25, -0.2) is 0 Å². The Morgan fingerprint density at radius 2 is 1.76 bits per heavy atom. The highest BCUT2D eigenvalue weighted by atomic mass is 35.5. The molecule has 0 amide bonds. The maximum absolute atomic E-state index is 6.26. The second-order valence-corrected chi connectivity index (χ2v) is 7.48. The zero-order chi connectivity index (χ0) is 17.8. The maximum atomic E-state index is 6.26. The molecule has 3 rings (SSSR count). The third-order valence-corrected chi connectivity index (χ3v) is 5.49. The van der Waals surface area contributed by atoms with Gasteiger partial charge in [0.2, 0.25) is 0 Å². The molecule has 2 aliphatic heterocycles. The second kappa shape index (κ2) is 8.25. The van der Waals surface area contributed by atoms with E-state index in [9.17, 15) is 0 Å². The number of nitrogens with two attached hydrogens (primary N) is 1. The summed E-state index contributed by atoms with van der Waals surface area (Å²) < 4.78 is 0. The van der Waals surface area contributed by atoms with E-state index in [1.807, 2.05) is 12.1 Å². The van der Waals surface area contributed by atoms with Gasteiger partial charge in [-0.2, -0.15) is 0 Å². The van der Waals surface area contributed by atoms with E-state index in [-0.39, 0.29) is 0 Å². The third kappa shape index (κ3) is 4.77. The van der Waals surface area contributed by atoms with Crippen LogP contribution in [0.25, 0.3) is 0 Å². The van der Waals surface area contributed by atoms with Crippen LogP contribution in [0.5, 0.6) is 0 Å². The number of rotatable bonds is 3. The van der Waals surface area contributed by atoms with Crippen molar-refractivity contribution in [3.8, 4) is 0 Å².